The zero-order valence-electron chi connectivity index (χ0n) is 12.3. The minimum atomic E-state index is 0.205. The van der Waals surface area contributed by atoms with Gasteiger partial charge in [0.15, 0.2) is 5.78 Å². The van der Waals surface area contributed by atoms with Crippen molar-refractivity contribution >= 4 is 21.7 Å². The quantitative estimate of drug-likeness (QED) is 0.693. The summed E-state index contributed by atoms with van der Waals surface area (Å²) in [5.41, 5.74) is 0.785. The molecule has 0 saturated carbocycles. The summed E-state index contributed by atoms with van der Waals surface area (Å²) in [5, 5.41) is 0. The number of rotatable bonds is 7. The first kappa shape index (κ1) is 16.4. The number of hydrogen-bond donors (Lipinski definition) is 0. The molecule has 1 atom stereocenters. The summed E-state index contributed by atoms with van der Waals surface area (Å²) >= 11 is 3.43. The van der Waals surface area contributed by atoms with Crippen LogP contribution in [0.2, 0.25) is 0 Å². The maximum Gasteiger partial charge on any atom is 0.165 e. The minimum Gasteiger partial charge on any atom is -0.303 e. The Labute approximate surface area is 125 Å². The van der Waals surface area contributed by atoms with Crippen LogP contribution in [0.4, 0.5) is 0 Å². The Kier molecular flexibility index (Phi) is 6.73. The van der Waals surface area contributed by atoms with Crippen molar-refractivity contribution < 1.29 is 4.79 Å². The highest BCUT2D eigenvalue weighted by Crippen LogP contribution is 2.18. The summed E-state index contributed by atoms with van der Waals surface area (Å²) in [7, 11) is 2.10. The van der Waals surface area contributed by atoms with Crippen LogP contribution in [-0.2, 0) is 0 Å². The molecule has 1 unspecified atom stereocenters. The number of benzene rings is 1. The van der Waals surface area contributed by atoms with Crippen LogP contribution in [0.5, 0.6) is 0 Å². The van der Waals surface area contributed by atoms with Crippen molar-refractivity contribution in [2.24, 2.45) is 5.92 Å². The van der Waals surface area contributed by atoms with Crippen molar-refractivity contribution in [1.29, 1.82) is 0 Å². The first-order valence-electron chi connectivity index (χ1n) is 6.89. The van der Waals surface area contributed by atoms with Gasteiger partial charge in [-0.2, -0.15) is 0 Å². The van der Waals surface area contributed by atoms with Crippen LogP contribution in [0.3, 0.4) is 0 Å². The van der Waals surface area contributed by atoms with E-state index in [1.807, 2.05) is 24.3 Å². The summed E-state index contributed by atoms with van der Waals surface area (Å²) in [5.74, 6) is 0.896. The van der Waals surface area contributed by atoms with Crippen LogP contribution in [-0.4, -0.2) is 30.3 Å². The van der Waals surface area contributed by atoms with Crippen molar-refractivity contribution in [2.45, 2.75) is 39.7 Å². The van der Waals surface area contributed by atoms with Gasteiger partial charge < -0.3 is 4.90 Å². The number of halogens is 1. The van der Waals surface area contributed by atoms with Crippen LogP contribution in [0.1, 0.15) is 44.0 Å². The molecular formula is C16H24BrNO. The largest absolute Gasteiger partial charge is 0.303 e. The van der Waals surface area contributed by atoms with E-state index < -0.39 is 0 Å². The molecule has 1 rings (SSSR count). The number of Topliss-reactive ketones (excluding diaryl/α,β-unsaturated/α-hetero) is 1. The van der Waals surface area contributed by atoms with E-state index in [9.17, 15) is 4.79 Å². The lowest BCUT2D eigenvalue weighted by molar-refractivity contribution is 0.0959. The number of ketones is 1. The Morgan fingerprint density at radius 3 is 2.47 bits per heavy atom. The fourth-order valence-electron chi connectivity index (χ4n) is 2.18. The third kappa shape index (κ3) is 5.45. The first-order chi connectivity index (χ1) is 8.91. The molecule has 0 saturated heterocycles. The van der Waals surface area contributed by atoms with E-state index in [2.05, 4.69) is 48.6 Å². The molecule has 106 valence electrons. The summed E-state index contributed by atoms with van der Waals surface area (Å²) in [6.07, 6.45) is 1.74. The van der Waals surface area contributed by atoms with Crippen molar-refractivity contribution in [3.05, 3.63) is 34.3 Å². The molecule has 0 aliphatic carbocycles. The third-order valence-corrected chi connectivity index (χ3v) is 4.12. The molecule has 0 fully saturated rings. The Balaban J connectivity index is 2.48. The molecule has 0 aliphatic heterocycles. The second-order valence-electron chi connectivity index (χ2n) is 5.61. The van der Waals surface area contributed by atoms with E-state index in [-0.39, 0.29) is 5.78 Å². The maximum absolute atomic E-state index is 12.2. The highest BCUT2D eigenvalue weighted by molar-refractivity contribution is 9.10. The van der Waals surface area contributed by atoms with Gasteiger partial charge in [-0.25, -0.2) is 0 Å². The monoisotopic (exact) mass is 325 g/mol. The van der Waals surface area contributed by atoms with Crippen molar-refractivity contribution in [3.8, 4) is 0 Å². The van der Waals surface area contributed by atoms with E-state index in [4.69, 9.17) is 0 Å². The lowest BCUT2D eigenvalue weighted by Gasteiger charge is -2.25. The molecule has 0 amide bonds. The molecule has 0 aromatic heterocycles. The Hall–Kier alpha value is -0.670. The SMILES string of the molecule is CC(C)CC(C)N(C)CCC(=O)c1ccccc1Br. The number of carbonyl (C=O) groups excluding carboxylic acids is 1. The van der Waals surface area contributed by atoms with Gasteiger partial charge in [-0.3, -0.25) is 4.79 Å². The minimum absolute atomic E-state index is 0.205. The Morgan fingerprint density at radius 2 is 1.89 bits per heavy atom. The zero-order valence-corrected chi connectivity index (χ0v) is 13.9. The normalized spacial score (nSPS) is 13.0. The van der Waals surface area contributed by atoms with E-state index >= 15 is 0 Å². The van der Waals surface area contributed by atoms with Gasteiger partial charge in [0.05, 0.1) is 0 Å². The molecule has 0 heterocycles. The molecule has 2 nitrogen and oxygen atoms in total. The predicted octanol–water partition coefficient (Wildman–Crippen LogP) is 4.39. The molecule has 19 heavy (non-hydrogen) atoms. The molecule has 1 aromatic rings. The average Bonchev–Trinajstić information content (AvgIpc) is 2.35. The molecule has 0 bridgehead atoms. The van der Waals surface area contributed by atoms with Gasteiger partial charge >= 0.3 is 0 Å². The Bertz CT molecular complexity index is 417. The third-order valence-electron chi connectivity index (χ3n) is 3.43. The predicted molar refractivity (Wildman–Crippen MR) is 84.6 cm³/mol. The smallest absolute Gasteiger partial charge is 0.165 e. The van der Waals surface area contributed by atoms with Gasteiger partial charge in [-0.1, -0.05) is 48.0 Å². The summed E-state index contributed by atoms with van der Waals surface area (Å²) in [4.78, 5) is 14.4. The second-order valence-corrected chi connectivity index (χ2v) is 6.47. The summed E-state index contributed by atoms with van der Waals surface area (Å²) in [6.45, 7) is 7.50. The first-order valence-corrected chi connectivity index (χ1v) is 7.69. The van der Waals surface area contributed by atoms with E-state index in [1.165, 1.54) is 6.42 Å². The summed E-state index contributed by atoms with van der Waals surface area (Å²) < 4.78 is 0.887. The number of carbonyl (C=O) groups is 1. The van der Waals surface area contributed by atoms with Gasteiger partial charge in [0.25, 0.3) is 0 Å². The van der Waals surface area contributed by atoms with E-state index in [0.29, 0.717) is 18.4 Å². The number of nitrogens with zero attached hydrogens (tertiary/aromatic N) is 1. The molecular weight excluding hydrogens is 302 g/mol. The van der Waals surface area contributed by atoms with Crippen LogP contribution in [0.25, 0.3) is 0 Å². The van der Waals surface area contributed by atoms with Crippen LogP contribution < -0.4 is 0 Å². The van der Waals surface area contributed by atoms with E-state index in [0.717, 1.165) is 16.6 Å². The maximum atomic E-state index is 12.2. The van der Waals surface area contributed by atoms with Crippen molar-refractivity contribution in [2.75, 3.05) is 13.6 Å². The highest BCUT2D eigenvalue weighted by atomic mass is 79.9. The van der Waals surface area contributed by atoms with Gasteiger partial charge in [-0.15, -0.1) is 0 Å². The second kappa shape index (κ2) is 7.81. The fraction of sp³-hybridized carbons (Fsp3) is 0.562. The lowest BCUT2D eigenvalue weighted by Crippen LogP contribution is -2.32. The molecule has 3 heteroatoms. The molecule has 0 spiro atoms. The van der Waals surface area contributed by atoms with Gasteiger partial charge in [0.1, 0.15) is 0 Å². The fourth-order valence-corrected chi connectivity index (χ4v) is 2.69. The van der Waals surface area contributed by atoms with Crippen LogP contribution in [0, 0.1) is 5.92 Å². The van der Waals surface area contributed by atoms with Gasteiger partial charge in [-0.05, 0) is 32.4 Å². The van der Waals surface area contributed by atoms with E-state index in [1.54, 1.807) is 0 Å². The average molecular weight is 326 g/mol. The lowest BCUT2D eigenvalue weighted by atomic mass is 10.0. The standard InChI is InChI=1S/C16H24BrNO/c1-12(2)11-13(3)18(4)10-9-16(19)14-7-5-6-8-15(14)17/h5-8,12-13H,9-11H2,1-4H3. The van der Waals surface area contributed by atoms with Crippen LogP contribution in [0.15, 0.2) is 28.7 Å². The molecule has 0 radical (unpaired) electrons. The molecule has 0 N–H and O–H groups in total. The summed E-state index contributed by atoms with van der Waals surface area (Å²) in [6, 6.07) is 8.15. The van der Waals surface area contributed by atoms with Gasteiger partial charge in [0, 0.05) is 29.0 Å². The van der Waals surface area contributed by atoms with Crippen molar-refractivity contribution in [3.63, 3.8) is 0 Å². The number of hydrogen-bond acceptors (Lipinski definition) is 2. The highest BCUT2D eigenvalue weighted by Gasteiger charge is 2.14. The van der Waals surface area contributed by atoms with Crippen LogP contribution >= 0.6 is 15.9 Å². The molecule has 1 aromatic carbocycles. The topological polar surface area (TPSA) is 20.3 Å². The zero-order chi connectivity index (χ0) is 14.4. The Morgan fingerprint density at radius 1 is 1.26 bits per heavy atom. The van der Waals surface area contributed by atoms with Gasteiger partial charge in [0.2, 0.25) is 0 Å². The van der Waals surface area contributed by atoms with Crippen molar-refractivity contribution in [1.82, 2.24) is 4.90 Å². The molecule has 0 aliphatic rings.